The largest absolute Gasteiger partial charge is 0.511 e. The molecule has 0 atom stereocenters. The van der Waals surface area contributed by atoms with Crippen molar-refractivity contribution in [2.45, 2.75) is 65.7 Å². The number of hydrogen-bond acceptors (Lipinski definition) is 7. The molecule has 226 valence electrons. The summed E-state index contributed by atoms with van der Waals surface area (Å²) in [4.78, 5) is 44.7. The van der Waals surface area contributed by atoms with Crippen LogP contribution >= 0.6 is 0 Å². The summed E-state index contributed by atoms with van der Waals surface area (Å²) in [6, 6.07) is 9.20. The molecule has 0 spiro atoms. The number of amides is 2. The van der Waals surface area contributed by atoms with Gasteiger partial charge in [0.1, 0.15) is 11.4 Å². The van der Waals surface area contributed by atoms with Crippen molar-refractivity contribution in [3.63, 3.8) is 0 Å². The number of aliphatic hydroxyl groups excluding tert-OH is 1. The molecule has 4 N–H and O–H groups in total. The Balaban J connectivity index is 2.18. The molecule has 0 fully saturated rings. The average Bonchev–Trinajstić information content (AvgIpc) is 2.81. The van der Waals surface area contributed by atoms with E-state index in [4.69, 9.17) is 4.74 Å². The van der Waals surface area contributed by atoms with Gasteiger partial charge in [-0.25, -0.2) is 4.79 Å². The molecule has 0 bridgehead atoms. The molecule has 0 heterocycles. The van der Waals surface area contributed by atoms with Crippen molar-refractivity contribution in [2.24, 2.45) is 15.4 Å². The second kappa shape index (κ2) is 14.1. The minimum absolute atomic E-state index is 0.0267. The van der Waals surface area contributed by atoms with Gasteiger partial charge in [0.2, 0.25) is 0 Å². The van der Waals surface area contributed by atoms with Gasteiger partial charge in [0.25, 0.3) is 0 Å². The molecule has 0 radical (unpaired) electrons. The fraction of sp³-hybridized carbons (Fsp3) is 0.536. The number of carbonyl (C=O) groups is 3. The van der Waals surface area contributed by atoms with E-state index in [2.05, 4.69) is 20.6 Å². The van der Waals surface area contributed by atoms with Crippen LogP contribution in [0.25, 0.3) is 0 Å². The summed E-state index contributed by atoms with van der Waals surface area (Å²) >= 11 is 0. The van der Waals surface area contributed by atoms with Crippen molar-refractivity contribution in [2.75, 3.05) is 26.2 Å². The van der Waals surface area contributed by atoms with E-state index < -0.39 is 35.2 Å². The smallest absolute Gasteiger partial charge is 0.471 e. The maximum atomic E-state index is 13.0. The molecule has 1 aromatic carbocycles. The van der Waals surface area contributed by atoms with Gasteiger partial charge < -0.3 is 20.5 Å². The van der Waals surface area contributed by atoms with Gasteiger partial charge in [-0.05, 0) is 31.7 Å². The van der Waals surface area contributed by atoms with Crippen molar-refractivity contribution < 1.29 is 37.4 Å². The minimum atomic E-state index is -5.14. The Hall–Kier alpha value is -3.90. The summed E-state index contributed by atoms with van der Waals surface area (Å²) in [6.45, 7) is 8.52. The fourth-order valence-corrected chi connectivity index (χ4v) is 3.95. The van der Waals surface area contributed by atoms with Gasteiger partial charge in [0.15, 0.2) is 11.7 Å². The molecule has 13 heteroatoms. The van der Waals surface area contributed by atoms with Crippen LogP contribution in [-0.2, 0) is 20.7 Å². The third-order valence-electron chi connectivity index (χ3n) is 5.60. The number of ether oxygens (including phenoxy) is 1. The number of allylic oxidation sites excluding steroid dienone is 2. The Morgan fingerprint density at radius 1 is 1.00 bits per heavy atom. The first-order valence-electron chi connectivity index (χ1n) is 13.1. The van der Waals surface area contributed by atoms with Gasteiger partial charge in [0, 0.05) is 32.4 Å². The summed E-state index contributed by atoms with van der Waals surface area (Å²) in [5.41, 5.74) is 0.220. The lowest BCUT2D eigenvalue weighted by molar-refractivity contribution is -0.171. The summed E-state index contributed by atoms with van der Waals surface area (Å²) < 4.78 is 43.6. The number of nitrogens with one attached hydrogen (secondary N) is 3. The molecule has 2 rings (SSSR count). The van der Waals surface area contributed by atoms with E-state index in [9.17, 15) is 32.7 Å². The molecule has 10 nitrogen and oxygen atoms in total. The van der Waals surface area contributed by atoms with Gasteiger partial charge in [-0.3, -0.25) is 24.9 Å². The first kappa shape index (κ1) is 33.3. The Labute approximate surface area is 237 Å². The highest BCUT2D eigenvalue weighted by Gasteiger charge is 2.39. The van der Waals surface area contributed by atoms with Crippen molar-refractivity contribution in [1.82, 2.24) is 16.0 Å². The summed E-state index contributed by atoms with van der Waals surface area (Å²) in [5, 5.41) is 17.4. The average molecular weight is 582 g/mol. The second-order valence-electron chi connectivity index (χ2n) is 11.3. The van der Waals surface area contributed by atoms with Crippen LogP contribution in [0, 0.1) is 5.41 Å². The van der Waals surface area contributed by atoms with E-state index in [-0.39, 0.29) is 56.1 Å². The minimum Gasteiger partial charge on any atom is -0.511 e. The Morgan fingerprint density at radius 3 is 2.20 bits per heavy atom. The van der Waals surface area contributed by atoms with Gasteiger partial charge in [-0.1, -0.05) is 44.2 Å². The third-order valence-corrected chi connectivity index (χ3v) is 5.60. The Morgan fingerprint density at radius 2 is 1.61 bits per heavy atom. The summed E-state index contributed by atoms with van der Waals surface area (Å²) in [7, 11) is 0. The predicted octanol–water partition coefficient (Wildman–Crippen LogP) is 4.02. The number of halogens is 3. The zero-order valence-corrected chi connectivity index (χ0v) is 23.9. The number of rotatable bonds is 9. The van der Waals surface area contributed by atoms with Crippen LogP contribution in [-0.4, -0.2) is 72.5 Å². The number of aliphatic imine (C=N–C) groups is 2. The molecule has 0 unspecified atom stereocenters. The van der Waals surface area contributed by atoms with Gasteiger partial charge >= 0.3 is 18.2 Å². The fourth-order valence-electron chi connectivity index (χ4n) is 3.95. The predicted molar refractivity (Wildman–Crippen MR) is 149 cm³/mol. The third kappa shape index (κ3) is 12.0. The number of guanidine groups is 1. The maximum absolute atomic E-state index is 13.0. The van der Waals surface area contributed by atoms with E-state index >= 15 is 0 Å². The van der Waals surface area contributed by atoms with E-state index in [1.807, 2.05) is 44.2 Å². The highest BCUT2D eigenvalue weighted by molar-refractivity contribution is 6.23. The quantitative estimate of drug-likeness (QED) is 0.197. The first-order chi connectivity index (χ1) is 19.0. The monoisotopic (exact) mass is 581 g/mol. The highest BCUT2D eigenvalue weighted by Crippen LogP contribution is 2.36. The molecule has 41 heavy (non-hydrogen) atoms. The highest BCUT2D eigenvalue weighted by atomic mass is 19.4. The number of benzene rings is 1. The lowest BCUT2D eigenvalue weighted by Gasteiger charge is -2.30. The summed E-state index contributed by atoms with van der Waals surface area (Å²) in [5.74, 6) is -2.98. The Kier molecular flexibility index (Phi) is 11.5. The number of aliphatic hydroxyl groups is 1. The van der Waals surface area contributed by atoms with Crippen LogP contribution in [0.15, 0.2) is 51.6 Å². The van der Waals surface area contributed by atoms with Crippen LogP contribution in [0.1, 0.15) is 53.0 Å². The van der Waals surface area contributed by atoms with E-state index in [1.54, 1.807) is 26.1 Å². The number of nitrogens with zero attached hydrogens (tertiary/aromatic N) is 2. The first-order valence-corrected chi connectivity index (χ1v) is 13.1. The van der Waals surface area contributed by atoms with Crippen LogP contribution in [0.3, 0.4) is 0 Å². The molecular weight excluding hydrogens is 543 g/mol. The molecule has 0 aromatic heterocycles. The number of alkyl halides is 3. The van der Waals surface area contributed by atoms with E-state index in [0.29, 0.717) is 12.1 Å². The van der Waals surface area contributed by atoms with Gasteiger partial charge in [0.05, 0.1) is 24.4 Å². The number of ketones is 1. The number of carbonyl (C=O) groups excluding carboxylic acids is 3. The van der Waals surface area contributed by atoms with Gasteiger partial charge in [-0.2, -0.15) is 13.2 Å². The Bertz CT molecular complexity index is 1190. The van der Waals surface area contributed by atoms with Crippen LogP contribution in [0.5, 0.6) is 0 Å². The zero-order valence-electron chi connectivity index (χ0n) is 23.9. The molecule has 2 amide bonds. The number of Topliss-reactive ketones (excluding diaryl/α,β-unsaturated/α-hetero) is 1. The van der Waals surface area contributed by atoms with Crippen LogP contribution < -0.4 is 16.0 Å². The maximum Gasteiger partial charge on any atom is 0.471 e. The number of hydrogen-bond donors (Lipinski definition) is 4. The molecule has 1 aliphatic carbocycles. The van der Waals surface area contributed by atoms with Crippen LogP contribution in [0.2, 0.25) is 0 Å². The molecule has 0 aliphatic heterocycles. The van der Waals surface area contributed by atoms with Crippen LogP contribution in [0.4, 0.5) is 18.0 Å². The lowest BCUT2D eigenvalue weighted by atomic mass is 9.75. The molecule has 1 aliphatic rings. The van der Waals surface area contributed by atoms with Crippen molar-refractivity contribution >= 4 is 29.5 Å². The topological polar surface area (TPSA) is 141 Å². The standard InChI is InChI=1S/C28H38F3N5O5/c1-26(2,3)41-25(40)35-14-13-34-24(36-23(39)28(29,30)31)33-12-11-32-19(15-18-9-7-6-8-10-18)22-20(37)16-27(4,5)17-21(22)38/h6-10,37H,11-17H2,1-5H3,(H,35,40)(H2,33,34,36,39). The molecular formula is C28H38F3N5O5. The lowest BCUT2D eigenvalue weighted by Crippen LogP contribution is -2.48. The normalized spacial score (nSPS) is 16.3. The molecule has 1 aromatic rings. The second-order valence-corrected chi connectivity index (χ2v) is 11.3. The molecule has 0 saturated carbocycles. The van der Waals surface area contributed by atoms with Crippen molar-refractivity contribution in [3.05, 3.63) is 47.2 Å². The van der Waals surface area contributed by atoms with Gasteiger partial charge in [-0.15, -0.1) is 0 Å². The number of alkyl carbamates (subject to hydrolysis) is 1. The van der Waals surface area contributed by atoms with Crippen molar-refractivity contribution in [3.8, 4) is 0 Å². The molecule has 0 saturated heterocycles. The van der Waals surface area contributed by atoms with E-state index in [1.165, 1.54) is 0 Å². The zero-order chi connectivity index (χ0) is 30.8. The summed E-state index contributed by atoms with van der Waals surface area (Å²) in [6.07, 6.45) is -5.07. The van der Waals surface area contributed by atoms with E-state index in [0.717, 1.165) is 5.56 Å². The van der Waals surface area contributed by atoms with Crippen molar-refractivity contribution in [1.29, 1.82) is 0 Å². The SMILES string of the molecule is CC1(C)CC(=O)C(C(Cc2ccccc2)=NCCN=C(NCCNC(=O)OC(C)(C)C)NC(=O)C(F)(F)F)=C(O)C1.